The molecule has 10 nitrogen and oxygen atoms in total. The highest BCUT2D eigenvalue weighted by Gasteiger charge is 2.46. The molecule has 202 valence electrons. The van der Waals surface area contributed by atoms with E-state index in [1.54, 1.807) is 22.9 Å². The molecule has 1 atom stereocenters. The van der Waals surface area contributed by atoms with Gasteiger partial charge in [0.15, 0.2) is 11.9 Å². The number of nitrogens with zero attached hydrogens (tertiary/aromatic N) is 7. The van der Waals surface area contributed by atoms with Crippen molar-refractivity contribution in [3.8, 4) is 5.88 Å². The Morgan fingerprint density at radius 3 is 2.61 bits per heavy atom. The van der Waals surface area contributed by atoms with Gasteiger partial charge in [0.25, 0.3) is 0 Å². The molecule has 3 aromatic heterocycles. The number of rotatable bonds is 4. The van der Waals surface area contributed by atoms with E-state index in [1.165, 1.54) is 6.07 Å². The Bertz CT molecular complexity index is 1330. The predicted molar refractivity (Wildman–Crippen MR) is 131 cm³/mol. The van der Waals surface area contributed by atoms with Gasteiger partial charge in [0.2, 0.25) is 17.7 Å². The first kappa shape index (κ1) is 24.8. The first-order chi connectivity index (χ1) is 18.3. The fourth-order valence-electron chi connectivity index (χ4n) is 5.67. The van der Waals surface area contributed by atoms with Gasteiger partial charge in [0.05, 0.1) is 19.0 Å². The maximum atomic E-state index is 12.9. The van der Waals surface area contributed by atoms with Gasteiger partial charge in [-0.15, -0.1) is 5.10 Å². The van der Waals surface area contributed by atoms with Crippen LogP contribution in [0, 0.1) is 5.41 Å². The molecule has 0 aliphatic carbocycles. The number of anilines is 2. The lowest BCUT2D eigenvalue weighted by Gasteiger charge is -2.38. The number of ether oxygens (including phenoxy) is 2. The molecule has 0 bridgehead atoms. The van der Waals surface area contributed by atoms with Gasteiger partial charge < -0.3 is 19.3 Å². The lowest BCUT2D eigenvalue weighted by molar-refractivity contribution is -0.141. The molecule has 0 N–H and O–H groups in total. The Morgan fingerprint density at radius 1 is 1.13 bits per heavy atom. The predicted octanol–water partition coefficient (Wildman–Crippen LogP) is 3.97. The minimum absolute atomic E-state index is 0.0962. The third-order valence-corrected chi connectivity index (χ3v) is 7.80. The second kappa shape index (κ2) is 9.37. The van der Waals surface area contributed by atoms with E-state index in [1.807, 2.05) is 0 Å². The maximum absolute atomic E-state index is 12.9. The van der Waals surface area contributed by atoms with Crippen LogP contribution in [0.5, 0.6) is 5.88 Å². The number of pyridine rings is 1. The van der Waals surface area contributed by atoms with Gasteiger partial charge in [0, 0.05) is 44.3 Å². The molecule has 3 aliphatic rings. The summed E-state index contributed by atoms with van der Waals surface area (Å²) in [6.45, 7) is 2.44. The van der Waals surface area contributed by atoms with Gasteiger partial charge in [-0.25, -0.2) is 14.6 Å². The van der Waals surface area contributed by atoms with Crippen molar-refractivity contribution >= 4 is 28.6 Å². The summed E-state index contributed by atoms with van der Waals surface area (Å²) in [5.74, 6) is 0.946. The zero-order chi connectivity index (χ0) is 26.5. The number of halogens is 3. The first-order valence-electron chi connectivity index (χ1n) is 12.8. The van der Waals surface area contributed by atoms with Gasteiger partial charge in [-0.3, -0.25) is 4.79 Å². The number of piperidine rings is 1. The molecule has 1 unspecified atom stereocenters. The van der Waals surface area contributed by atoms with Crippen molar-refractivity contribution in [2.45, 2.75) is 50.9 Å². The van der Waals surface area contributed by atoms with Gasteiger partial charge in [0.1, 0.15) is 11.1 Å². The number of amides is 1. The first-order valence-corrected chi connectivity index (χ1v) is 12.8. The van der Waals surface area contributed by atoms with E-state index in [0.717, 1.165) is 49.8 Å². The van der Waals surface area contributed by atoms with Crippen molar-refractivity contribution in [2.75, 3.05) is 43.2 Å². The molecule has 0 aromatic carbocycles. The van der Waals surface area contributed by atoms with E-state index >= 15 is 0 Å². The number of aromatic nitrogens is 5. The number of hydrogen-bond acceptors (Lipinski definition) is 8. The zero-order valence-corrected chi connectivity index (χ0v) is 20.9. The number of fused-ring (bicyclic) bond motifs is 1. The Labute approximate surface area is 216 Å². The van der Waals surface area contributed by atoms with Crippen LogP contribution in [0.25, 0.3) is 11.0 Å². The van der Waals surface area contributed by atoms with Crippen LogP contribution in [-0.2, 0) is 15.7 Å². The second-order valence-electron chi connectivity index (χ2n) is 10.2. The zero-order valence-electron chi connectivity index (χ0n) is 20.9. The smallest absolute Gasteiger partial charge is 0.433 e. The highest BCUT2D eigenvalue weighted by Crippen LogP contribution is 2.43. The van der Waals surface area contributed by atoms with Crippen LogP contribution in [0.4, 0.5) is 24.8 Å². The second-order valence-corrected chi connectivity index (χ2v) is 10.2. The Kier molecular flexibility index (Phi) is 6.12. The van der Waals surface area contributed by atoms with Gasteiger partial charge >= 0.3 is 6.18 Å². The summed E-state index contributed by atoms with van der Waals surface area (Å²) in [6.07, 6.45) is 2.90. The van der Waals surface area contributed by atoms with Crippen molar-refractivity contribution in [2.24, 2.45) is 5.41 Å². The summed E-state index contributed by atoms with van der Waals surface area (Å²) in [7, 11) is 1.57. The molecule has 3 saturated heterocycles. The van der Waals surface area contributed by atoms with E-state index < -0.39 is 11.9 Å². The summed E-state index contributed by atoms with van der Waals surface area (Å²) in [5, 5.41) is 5.30. The number of carbonyl (C=O) groups is 1. The van der Waals surface area contributed by atoms with Gasteiger partial charge in [-0.1, -0.05) is 0 Å². The van der Waals surface area contributed by atoms with Crippen LogP contribution in [0.3, 0.4) is 0 Å². The number of alkyl halides is 3. The lowest BCUT2D eigenvalue weighted by Crippen LogP contribution is -2.42. The Hall–Kier alpha value is -3.48. The minimum Gasteiger partial charge on any atom is -0.479 e. The quantitative estimate of drug-likeness (QED) is 0.499. The Balaban J connectivity index is 1.18. The molecule has 3 aromatic rings. The van der Waals surface area contributed by atoms with Crippen molar-refractivity contribution in [1.29, 1.82) is 0 Å². The fraction of sp³-hybridized carbons (Fsp3) is 0.560. The molecular formula is C25H28F3N7O3. The average molecular weight is 532 g/mol. The largest absolute Gasteiger partial charge is 0.479 e. The van der Waals surface area contributed by atoms with Crippen molar-refractivity contribution in [3.63, 3.8) is 0 Å². The van der Waals surface area contributed by atoms with Crippen LogP contribution in [0.15, 0.2) is 24.5 Å². The van der Waals surface area contributed by atoms with E-state index in [4.69, 9.17) is 14.5 Å². The maximum Gasteiger partial charge on any atom is 0.433 e. The van der Waals surface area contributed by atoms with Crippen molar-refractivity contribution in [3.05, 3.63) is 30.2 Å². The topological polar surface area (TPSA) is 98.5 Å². The molecule has 38 heavy (non-hydrogen) atoms. The molecule has 6 rings (SSSR count). The average Bonchev–Trinajstić information content (AvgIpc) is 3.46. The van der Waals surface area contributed by atoms with E-state index in [-0.39, 0.29) is 17.6 Å². The standard InChI is InChI=1S/C25H28F3N7O3/c1-37-22-17-14-30-23(31-21(17)35(32-22)20-4-2-3-11-38-20)33-9-7-24(8-10-33)12-19(36)34(15-24)16-5-6-18(29-13-16)25(26,27)28/h5-6,13-14,20H,2-4,7-12,15H2,1H3. The van der Waals surface area contributed by atoms with Crippen LogP contribution < -0.4 is 14.5 Å². The van der Waals surface area contributed by atoms with E-state index in [0.29, 0.717) is 55.8 Å². The van der Waals surface area contributed by atoms with Crippen LogP contribution in [0.1, 0.15) is 50.4 Å². The third-order valence-electron chi connectivity index (χ3n) is 7.80. The summed E-state index contributed by atoms with van der Waals surface area (Å²) in [6, 6.07) is 2.24. The monoisotopic (exact) mass is 531 g/mol. The normalized spacial score (nSPS) is 22.0. The van der Waals surface area contributed by atoms with Gasteiger partial charge in [-0.2, -0.15) is 18.2 Å². The molecule has 3 aliphatic heterocycles. The summed E-state index contributed by atoms with van der Waals surface area (Å²) >= 11 is 0. The van der Waals surface area contributed by atoms with Crippen LogP contribution >= 0.6 is 0 Å². The molecule has 0 radical (unpaired) electrons. The molecule has 1 amide bonds. The Morgan fingerprint density at radius 2 is 1.95 bits per heavy atom. The number of hydrogen-bond donors (Lipinski definition) is 0. The highest BCUT2D eigenvalue weighted by atomic mass is 19.4. The van der Waals surface area contributed by atoms with E-state index in [9.17, 15) is 18.0 Å². The molecule has 6 heterocycles. The van der Waals surface area contributed by atoms with Crippen molar-refractivity contribution < 1.29 is 27.4 Å². The van der Waals surface area contributed by atoms with Crippen LogP contribution in [0.2, 0.25) is 0 Å². The molecule has 3 fully saturated rings. The fourth-order valence-corrected chi connectivity index (χ4v) is 5.67. The lowest BCUT2D eigenvalue weighted by atomic mass is 9.77. The van der Waals surface area contributed by atoms with Crippen LogP contribution in [-0.4, -0.2) is 64.0 Å². The van der Waals surface area contributed by atoms with Crippen molar-refractivity contribution in [1.82, 2.24) is 24.7 Å². The van der Waals surface area contributed by atoms with E-state index in [2.05, 4.69) is 20.0 Å². The minimum atomic E-state index is -4.51. The molecule has 0 saturated carbocycles. The summed E-state index contributed by atoms with van der Waals surface area (Å²) in [4.78, 5) is 29.4. The molecular weight excluding hydrogens is 503 g/mol. The summed E-state index contributed by atoms with van der Waals surface area (Å²) < 4.78 is 51.8. The third kappa shape index (κ3) is 4.42. The molecule has 1 spiro atoms. The molecule has 13 heteroatoms. The number of methoxy groups -OCH3 is 1. The summed E-state index contributed by atoms with van der Waals surface area (Å²) in [5.41, 5.74) is -0.164. The number of carbonyl (C=O) groups excluding carboxylic acids is 1. The highest BCUT2D eigenvalue weighted by molar-refractivity contribution is 5.96. The van der Waals surface area contributed by atoms with Gasteiger partial charge in [-0.05, 0) is 44.2 Å². The SMILES string of the molecule is COc1nn(C2CCCCO2)c2nc(N3CCC4(CC3)CC(=O)N(c3ccc(C(F)(F)F)nc3)C4)ncc12.